The molecule has 2 nitrogen and oxygen atoms in total. The van der Waals surface area contributed by atoms with Crippen LogP contribution in [0.2, 0.25) is 0 Å². The van der Waals surface area contributed by atoms with Crippen LogP contribution in [-0.2, 0) is 0 Å². The maximum absolute atomic E-state index is 3.46. The minimum atomic E-state index is 0.462. The quantitative estimate of drug-likeness (QED) is 0.591. The molecule has 0 spiro atoms. The van der Waals surface area contributed by atoms with Gasteiger partial charge in [0.2, 0.25) is 0 Å². The van der Waals surface area contributed by atoms with Gasteiger partial charge in [0.25, 0.3) is 0 Å². The van der Waals surface area contributed by atoms with E-state index in [0.29, 0.717) is 11.5 Å². The first kappa shape index (κ1) is 9.01. The standard InChI is InChI=1S/C9H20N2/c1-9(2)6-8(10-3)4-5-11-7-9/h8,10-11H,4-7H2,1-3H3. The SMILES string of the molecule is CNC1CCNCC(C)(C)C1. The van der Waals surface area contributed by atoms with E-state index in [4.69, 9.17) is 0 Å². The van der Waals surface area contributed by atoms with Gasteiger partial charge >= 0.3 is 0 Å². The molecular formula is C9H20N2. The van der Waals surface area contributed by atoms with Gasteiger partial charge in [-0.1, -0.05) is 13.8 Å². The Hall–Kier alpha value is -0.0800. The van der Waals surface area contributed by atoms with Crippen LogP contribution in [0.15, 0.2) is 0 Å². The number of hydrogen-bond donors (Lipinski definition) is 2. The molecule has 66 valence electrons. The van der Waals surface area contributed by atoms with E-state index in [1.54, 1.807) is 0 Å². The molecule has 0 aromatic rings. The zero-order valence-electron chi connectivity index (χ0n) is 7.91. The van der Waals surface area contributed by atoms with E-state index in [9.17, 15) is 0 Å². The molecule has 2 N–H and O–H groups in total. The van der Waals surface area contributed by atoms with Gasteiger partial charge in [0.15, 0.2) is 0 Å². The second-order valence-electron chi connectivity index (χ2n) is 4.32. The van der Waals surface area contributed by atoms with Crippen molar-refractivity contribution < 1.29 is 0 Å². The Bertz CT molecular complexity index is 121. The Kier molecular flexibility index (Phi) is 2.90. The predicted molar refractivity (Wildman–Crippen MR) is 48.7 cm³/mol. The van der Waals surface area contributed by atoms with E-state index in [2.05, 4.69) is 31.5 Å². The van der Waals surface area contributed by atoms with Crippen molar-refractivity contribution in [3.8, 4) is 0 Å². The molecule has 1 heterocycles. The van der Waals surface area contributed by atoms with Gasteiger partial charge in [0, 0.05) is 12.6 Å². The third kappa shape index (κ3) is 2.80. The number of nitrogens with one attached hydrogen (secondary N) is 2. The average molecular weight is 156 g/mol. The summed E-state index contributed by atoms with van der Waals surface area (Å²) < 4.78 is 0. The molecular weight excluding hydrogens is 136 g/mol. The molecule has 1 saturated heterocycles. The van der Waals surface area contributed by atoms with Crippen LogP contribution < -0.4 is 10.6 Å². The van der Waals surface area contributed by atoms with Gasteiger partial charge in [0.05, 0.1) is 0 Å². The molecule has 0 radical (unpaired) electrons. The van der Waals surface area contributed by atoms with Crippen molar-refractivity contribution in [2.24, 2.45) is 5.41 Å². The monoisotopic (exact) mass is 156 g/mol. The minimum Gasteiger partial charge on any atom is -0.317 e. The van der Waals surface area contributed by atoms with Crippen LogP contribution in [0.3, 0.4) is 0 Å². The molecule has 0 aromatic carbocycles. The molecule has 1 unspecified atom stereocenters. The summed E-state index contributed by atoms with van der Waals surface area (Å²) in [7, 11) is 2.06. The first-order valence-electron chi connectivity index (χ1n) is 4.52. The first-order valence-corrected chi connectivity index (χ1v) is 4.52. The molecule has 11 heavy (non-hydrogen) atoms. The Labute approximate surface area is 69.8 Å². The largest absolute Gasteiger partial charge is 0.317 e. The number of hydrogen-bond acceptors (Lipinski definition) is 2. The van der Waals surface area contributed by atoms with Gasteiger partial charge in [-0.3, -0.25) is 0 Å². The van der Waals surface area contributed by atoms with Gasteiger partial charge < -0.3 is 10.6 Å². The van der Waals surface area contributed by atoms with Crippen molar-refractivity contribution >= 4 is 0 Å². The molecule has 0 aromatic heterocycles. The fraction of sp³-hybridized carbons (Fsp3) is 1.00. The van der Waals surface area contributed by atoms with Crippen molar-refractivity contribution in [3.63, 3.8) is 0 Å². The summed E-state index contributed by atoms with van der Waals surface area (Å²) in [6, 6.07) is 0.708. The third-order valence-corrected chi connectivity index (χ3v) is 2.48. The van der Waals surface area contributed by atoms with E-state index in [0.717, 1.165) is 13.1 Å². The fourth-order valence-electron chi connectivity index (χ4n) is 1.79. The molecule has 1 aliphatic heterocycles. The van der Waals surface area contributed by atoms with E-state index in [1.165, 1.54) is 12.8 Å². The lowest BCUT2D eigenvalue weighted by Gasteiger charge is -2.25. The van der Waals surface area contributed by atoms with E-state index < -0.39 is 0 Å². The summed E-state index contributed by atoms with van der Waals surface area (Å²) in [4.78, 5) is 0. The minimum absolute atomic E-state index is 0.462. The zero-order valence-corrected chi connectivity index (χ0v) is 7.91. The van der Waals surface area contributed by atoms with Crippen LogP contribution in [0.25, 0.3) is 0 Å². The van der Waals surface area contributed by atoms with Gasteiger partial charge in [0.1, 0.15) is 0 Å². The Morgan fingerprint density at radius 3 is 2.82 bits per heavy atom. The summed E-state index contributed by atoms with van der Waals surface area (Å²) in [6.07, 6.45) is 2.55. The topological polar surface area (TPSA) is 24.1 Å². The van der Waals surface area contributed by atoms with Gasteiger partial charge in [-0.2, -0.15) is 0 Å². The highest BCUT2D eigenvalue weighted by Gasteiger charge is 2.24. The van der Waals surface area contributed by atoms with Crippen molar-refractivity contribution in [1.82, 2.24) is 10.6 Å². The van der Waals surface area contributed by atoms with Crippen LogP contribution in [0, 0.1) is 5.41 Å². The lowest BCUT2D eigenvalue weighted by atomic mass is 9.86. The van der Waals surface area contributed by atoms with Crippen LogP contribution in [0.1, 0.15) is 26.7 Å². The maximum Gasteiger partial charge on any atom is 0.00817 e. The fourth-order valence-corrected chi connectivity index (χ4v) is 1.79. The summed E-state index contributed by atoms with van der Waals surface area (Å²) in [5, 5.41) is 6.82. The second kappa shape index (κ2) is 3.55. The highest BCUT2D eigenvalue weighted by Crippen LogP contribution is 2.24. The molecule has 1 rings (SSSR count). The molecule has 2 heteroatoms. The maximum atomic E-state index is 3.46. The molecule has 0 saturated carbocycles. The number of rotatable bonds is 1. The summed E-state index contributed by atoms with van der Waals surface area (Å²) in [6.45, 7) is 6.98. The van der Waals surface area contributed by atoms with Crippen molar-refractivity contribution in [1.29, 1.82) is 0 Å². The third-order valence-electron chi connectivity index (χ3n) is 2.48. The first-order chi connectivity index (χ1) is 5.14. The van der Waals surface area contributed by atoms with Crippen molar-refractivity contribution in [2.45, 2.75) is 32.7 Å². The molecule has 0 bridgehead atoms. The lowest BCUT2D eigenvalue weighted by molar-refractivity contribution is 0.303. The van der Waals surface area contributed by atoms with Crippen LogP contribution in [-0.4, -0.2) is 26.2 Å². The molecule has 1 fully saturated rings. The van der Waals surface area contributed by atoms with E-state index >= 15 is 0 Å². The van der Waals surface area contributed by atoms with Gasteiger partial charge in [-0.15, -0.1) is 0 Å². The van der Waals surface area contributed by atoms with Gasteiger partial charge in [-0.05, 0) is 31.8 Å². The van der Waals surface area contributed by atoms with E-state index in [1.807, 2.05) is 0 Å². The van der Waals surface area contributed by atoms with Crippen LogP contribution in [0.5, 0.6) is 0 Å². The summed E-state index contributed by atoms with van der Waals surface area (Å²) >= 11 is 0. The van der Waals surface area contributed by atoms with E-state index in [-0.39, 0.29) is 0 Å². The van der Waals surface area contributed by atoms with Crippen LogP contribution >= 0.6 is 0 Å². The molecule has 0 aliphatic carbocycles. The lowest BCUT2D eigenvalue weighted by Crippen LogP contribution is -2.31. The highest BCUT2D eigenvalue weighted by molar-refractivity contribution is 4.82. The zero-order chi connectivity index (χ0) is 8.32. The summed E-state index contributed by atoms with van der Waals surface area (Å²) in [5.74, 6) is 0. The van der Waals surface area contributed by atoms with Crippen LogP contribution in [0.4, 0.5) is 0 Å². The molecule has 0 amide bonds. The summed E-state index contributed by atoms with van der Waals surface area (Å²) in [5.41, 5.74) is 0.462. The Morgan fingerprint density at radius 2 is 2.18 bits per heavy atom. The second-order valence-corrected chi connectivity index (χ2v) is 4.32. The van der Waals surface area contributed by atoms with Gasteiger partial charge in [-0.25, -0.2) is 0 Å². The van der Waals surface area contributed by atoms with Crippen molar-refractivity contribution in [3.05, 3.63) is 0 Å². The molecule has 1 atom stereocenters. The Balaban J connectivity index is 2.47. The normalized spacial score (nSPS) is 31.4. The predicted octanol–water partition coefficient (Wildman–Crippen LogP) is 0.984. The Morgan fingerprint density at radius 1 is 1.45 bits per heavy atom. The average Bonchev–Trinajstić information content (AvgIpc) is 2.10. The molecule has 1 aliphatic rings. The highest BCUT2D eigenvalue weighted by atomic mass is 14.9. The smallest absolute Gasteiger partial charge is 0.00817 e. The van der Waals surface area contributed by atoms with Crippen molar-refractivity contribution in [2.75, 3.05) is 20.1 Å².